The Morgan fingerprint density at radius 3 is 2.30 bits per heavy atom. The summed E-state index contributed by atoms with van der Waals surface area (Å²) in [7, 11) is 0. The van der Waals surface area contributed by atoms with Crippen molar-refractivity contribution in [2.24, 2.45) is 10.7 Å². The molecule has 3 fully saturated rings. The first-order chi connectivity index (χ1) is 13.0. The predicted molar refractivity (Wildman–Crippen MR) is 102 cm³/mol. The van der Waals surface area contributed by atoms with Gasteiger partial charge in [-0.05, 0) is 0 Å². The number of fused-ring (bicyclic) bond motifs is 3. The molecule has 0 aromatic rings. The van der Waals surface area contributed by atoms with Crippen LogP contribution in [-0.4, -0.2) is 98.0 Å². The minimum Gasteiger partial charge on any atom is -0.445 e. The Balaban J connectivity index is 1.95. The smallest absolute Gasteiger partial charge is 0.437 e. The Morgan fingerprint density at radius 1 is 1.11 bits per heavy atom. The Labute approximate surface area is 160 Å². The van der Waals surface area contributed by atoms with Crippen LogP contribution in [0.4, 0.5) is 9.59 Å². The highest BCUT2D eigenvalue weighted by Crippen LogP contribution is 2.20. The second-order valence-corrected chi connectivity index (χ2v) is 6.78. The number of carbonyl (C=O) groups is 2. The molecule has 3 rings (SSSR count). The highest BCUT2D eigenvalue weighted by atomic mass is 16.6. The number of carbonyl (C=O) groups excluding carboxylic acids is 2. The van der Waals surface area contributed by atoms with Gasteiger partial charge >= 0.3 is 12.2 Å². The molecule has 0 spiro atoms. The molecule has 0 saturated carbocycles. The number of amides is 2. The van der Waals surface area contributed by atoms with E-state index in [4.69, 9.17) is 15.2 Å². The van der Waals surface area contributed by atoms with E-state index in [0.717, 1.165) is 56.7 Å². The van der Waals surface area contributed by atoms with E-state index < -0.39 is 12.2 Å². The van der Waals surface area contributed by atoms with Crippen molar-refractivity contribution >= 4 is 18.1 Å². The molecule has 0 unspecified atom stereocenters. The van der Waals surface area contributed by atoms with Gasteiger partial charge in [-0.25, -0.2) is 14.5 Å². The van der Waals surface area contributed by atoms with Crippen molar-refractivity contribution in [2.75, 3.05) is 65.6 Å². The molecular formula is C18H30N5O4+. The summed E-state index contributed by atoms with van der Waals surface area (Å²) in [4.78, 5) is 31.2. The van der Waals surface area contributed by atoms with Crippen molar-refractivity contribution in [1.82, 2.24) is 9.80 Å². The normalized spacial score (nSPS) is 24.1. The molecule has 0 radical (unpaired) electrons. The average Bonchev–Trinajstić information content (AvgIpc) is 2.69. The van der Waals surface area contributed by atoms with Gasteiger partial charge in [0.2, 0.25) is 5.96 Å². The Hall–Kier alpha value is -2.39. The van der Waals surface area contributed by atoms with Gasteiger partial charge < -0.3 is 19.7 Å². The van der Waals surface area contributed by atoms with E-state index in [-0.39, 0.29) is 19.2 Å². The summed E-state index contributed by atoms with van der Waals surface area (Å²) in [6, 6.07) is 0. The Morgan fingerprint density at radius 2 is 1.70 bits per heavy atom. The number of quaternary nitrogens is 1. The molecule has 27 heavy (non-hydrogen) atoms. The number of hydrogen-bond donors (Lipinski definition) is 1. The quantitative estimate of drug-likeness (QED) is 0.289. The summed E-state index contributed by atoms with van der Waals surface area (Å²) < 4.78 is 10.9. The molecule has 3 saturated heterocycles. The van der Waals surface area contributed by atoms with E-state index in [9.17, 15) is 9.59 Å². The molecule has 0 aliphatic carbocycles. The van der Waals surface area contributed by atoms with E-state index in [1.165, 1.54) is 17.1 Å². The van der Waals surface area contributed by atoms with Crippen LogP contribution >= 0.6 is 0 Å². The fourth-order valence-electron chi connectivity index (χ4n) is 3.45. The van der Waals surface area contributed by atoms with E-state index in [0.29, 0.717) is 6.54 Å². The van der Waals surface area contributed by atoms with Crippen molar-refractivity contribution in [2.45, 2.75) is 6.42 Å². The molecule has 3 aliphatic rings. The van der Waals surface area contributed by atoms with Crippen LogP contribution in [0.25, 0.3) is 0 Å². The number of nitrogens with two attached hydrogens (primary N) is 1. The zero-order valence-electron chi connectivity index (χ0n) is 15.8. The van der Waals surface area contributed by atoms with E-state index in [1.807, 2.05) is 0 Å². The monoisotopic (exact) mass is 380 g/mol. The van der Waals surface area contributed by atoms with Crippen molar-refractivity contribution in [3.8, 4) is 0 Å². The van der Waals surface area contributed by atoms with Gasteiger partial charge in [0.15, 0.2) is 0 Å². The first-order valence-corrected chi connectivity index (χ1v) is 9.24. The summed E-state index contributed by atoms with van der Waals surface area (Å²) >= 11 is 0. The van der Waals surface area contributed by atoms with Gasteiger partial charge in [0.25, 0.3) is 0 Å². The zero-order valence-corrected chi connectivity index (χ0v) is 15.8. The number of guanidine groups is 1. The summed E-state index contributed by atoms with van der Waals surface area (Å²) in [5.41, 5.74) is 5.87. The first-order valence-electron chi connectivity index (χ1n) is 9.24. The largest absolute Gasteiger partial charge is 0.445 e. The second-order valence-electron chi connectivity index (χ2n) is 6.78. The van der Waals surface area contributed by atoms with Crippen LogP contribution in [0, 0.1) is 0 Å². The van der Waals surface area contributed by atoms with Gasteiger partial charge in [-0.2, -0.15) is 0 Å². The third-order valence-electron chi connectivity index (χ3n) is 5.04. The molecule has 9 heteroatoms. The molecule has 0 aromatic heterocycles. The highest BCUT2D eigenvalue weighted by Gasteiger charge is 2.38. The Bertz CT molecular complexity index is 571. The molecule has 2 amide bonds. The number of aliphatic imine (C=N–C) groups is 1. The molecule has 2 bridgehead atoms. The molecule has 3 heterocycles. The second kappa shape index (κ2) is 10.1. The van der Waals surface area contributed by atoms with E-state index in [1.54, 1.807) is 0 Å². The predicted octanol–water partition coefficient (Wildman–Crippen LogP) is 0.784. The maximum atomic E-state index is 12.3. The summed E-state index contributed by atoms with van der Waals surface area (Å²) in [6.45, 7) is 15.1. The number of piperazine rings is 3. The highest BCUT2D eigenvalue weighted by molar-refractivity contribution is 5.97. The maximum Gasteiger partial charge on any atom is 0.437 e. The molecule has 150 valence electrons. The standard InChI is InChI=1S/C18H29N5O4/c1-3-14-26-17(24)20-16(19)22(18(25)27-15-4-2)6-5-10-23-11-7-21(8-12-23)9-13-23/h3-4H,1-2,5-15H2,(H-,19,20,24)/p+1. The average molecular weight is 380 g/mol. The minimum absolute atomic E-state index is 0.0214. The number of hydrogen-bond acceptors (Lipinski definition) is 5. The van der Waals surface area contributed by atoms with Gasteiger partial charge in [0.05, 0.1) is 26.2 Å². The molecule has 0 aromatic carbocycles. The number of ether oxygens (including phenoxy) is 2. The van der Waals surface area contributed by atoms with Crippen LogP contribution in [0.1, 0.15) is 6.42 Å². The van der Waals surface area contributed by atoms with Crippen LogP contribution < -0.4 is 5.73 Å². The van der Waals surface area contributed by atoms with Crippen molar-refractivity contribution in [3.63, 3.8) is 0 Å². The van der Waals surface area contributed by atoms with Crippen LogP contribution in [0.15, 0.2) is 30.3 Å². The number of rotatable bonds is 8. The third kappa shape index (κ3) is 6.07. The Kier molecular flexibility index (Phi) is 7.81. The van der Waals surface area contributed by atoms with E-state index >= 15 is 0 Å². The lowest BCUT2D eigenvalue weighted by molar-refractivity contribution is -0.941. The van der Waals surface area contributed by atoms with Gasteiger partial charge in [-0.15, -0.1) is 4.99 Å². The first kappa shape index (κ1) is 20.9. The lowest BCUT2D eigenvalue weighted by Gasteiger charge is -2.50. The van der Waals surface area contributed by atoms with Gasteiger partial charge in [-0.1, -0.05) is 25.3 Å². The number of nitrogens with zero attached hydrogens (tertiary/aromatic N) is 4. The van der Waals surface area contributed by atoms with Crippen molar-refractivity contribution in [3.05, 3.63) is 25.3 Å². The fourth-order valence-corrected chi connectivity index (χ4v) is 3.45. The summed E-state index contributed by atoms with van der Waals surface area (Å²) in [5, 5.41) is 0. The van der Waals surface area contributed by atoms with Crippen LogP contribution in [-0.2, 0) is 9.47 Å². The fraction of sp³-hybridized carbons (Fsp3) is 0.611. The van der Waals surface area contributed by atoms with Crippen molar-refractivity contribution in [1.29, 1.82) is 0 Å². The third-order valence-corrected chi connectivity index (χ3v) is 5.04. The lowest BCUT2D eigenvalue weighted by atomic mass is 10.1. The van der Waals surface area contributed by atoms with Crippen LogP contribution in [0.2, 0.25) is 0 Å². The van der Waals surface area contributed by atoms with Crippen LogP contribution in [0.5, 0.6) is 0 Å². The zero-order chi connectivity index (χ0) is 19.7. The lowest BCUT2D eigenvalue weighted by Crippen LogP contribution is -2.67. The van der Waals surface area contributed by atoms with Crippen molar-refractivity contribution < 1.29 is 23.5 Å². The molecular weight excluding hydrogens is 350 g/mol. The summed E-state index contributed by atoms with van der Waals surface area (Å²) in [6.07, 6.45) is 2.10. The SMILES string of the molecule is C=CCOC(=O)N=C(N)N(CCC[N+]12CCN(CC1)CC2)C(=O)OCC=C. The van der Waals surface area contributed by atoms with Gasteiger partial charge in [-0.3, -0.25) is 4.90 Å². The van der Waals surface area contributed by atoms with Gasteiger partial charge in [0, 0.05) is 32.6 Å². The molecule has 9 nitrogen and oxygen atoms in total. The molecule has 3 aliphatic heterocycles. The topological polar surface area (TPSA) is 97.5 Å². The molecule has 0 atom stereocenters. The van der Waals surface area contributed by atoms with Gasteiger partial charge in [0.1, 0.15) is 13.2 Å². The maximum absolute atomic E-state index is 12.3. The summed E-state index contributed by atoms with van der Waals surface area (Å²) in [5.74, 6) is -0.235. The van der Waals surface area contributed by atoms with Crippen LogP contribution in [0.3, 0.4) is 0 Å². The van der Waals surface area contributed by atoms with E-state index in [2.05, 4.69) is 23.1 Å². The minimum atomic E-state index is -0.872. The molecule has 2 N–H and O–H groups in total.